The third kappa shape index (κ3) is 3.80. The van der Waals surface area contributed by atoms with Crippen LogP contribution in [0.4, 0.5) is 0 Å². The van der Waals surface area contributed by atoms with E-state index < -0.39 is 0 Å². The van der Waals surface area contributed by atoms with E-state index in [9.17, 15) is 4.79 Å². The molecule has 3 rings (SSSR count). The van der Waals surface area contributed by atoms with Crippen molar-refractivity contribution in [2.24, 2.45) is 0 Å². The molecule has 1 aliphatic rings. The van der Waals surface area contributed by atoms with Crippen molar-refractivity contribution in [1.29, 1.82) is 0 Å². The van der Waals surface area contributed by atoms with Crippen LogP contribution in [0.25, 0.3) is 0 Å². The normalized spacial score (nSPS) is 16.8. The zero-order chi connectivity index (χ0) is 16.9. The second kappa shape index (κ2) is 7.82. The van der Waals surface area contributed by atoms with Gasteiger partial charge in [-0.2, -0.15) is 0 Å². The van der Waals surface area contributed by atoms with Crippen LogP contribution in [-0.2, 0) is 4.79 Å². The van der Waals surface area contributed by atoms with Crippen LogP contribution in [0.1, 0.15) is 43.0 Å². The number of likely N-dealkylation sites (tertiary alicyclic amines) is 1. The number of nitrogens with zero attached hydrogens (tertiary/aromatic N) is 1. The number of amides is 1. The van der Waals surface area contributed by atoms with E-state index in [2.05, 4.69) is 12.2 Å². The van der Waals surface area contributed by atoms with Gasteiger partial charge in [0.05, 0.1) is 0 Å². The molecule has 0 aliphatic carbocycles. The summed E-state index contributed by atoms with van der Waals surface area (Å²) in [6.07, 6.45) is 2.18. The third-order valence-corrected chi connectivity index (χ3v) is 4.93. The second-order valence-electron chi connectivity index (χ2n) is 6.29. The van der Waals surface area contributed by atoms with Crippen molar-refractivity contribution in [2.45, 2.75) is 31.8 Å². The SMILES string of the molecule is C[C@H](N[C@@H](C(=O)N1CCCC1)c1ccccc1)c1ccccc1Cl. The molecule has 2 aromatic carbocycles. The molecule has 1 aliphatic heterocycles. The summed E-state index contributed by atoms with van der Waals surface area (Å²) in [5.74, 6) is 0.151. The minimum Gasteiger partial charge on any atom is -0.341 e. The van der Waals surface area contributed by atoms with Gasteiger partial charge in [-0.1, -0.05) is 60.1 Å². The lowest BCUT2D eigenvalue weighted by molar-refractivity contribution is -0.132. The lowest BCUT2D eigenvalue weighted by Crippen LogP contribution is -2.40. The number of carbonyl (C=O) groups excluding carboxylic acids is 1. The number of rotatable bonds is 5. The van der Waals surface area contributed by atoms with Crippen LogP contribution in [0.15, 0.2) is 54.6 Å². The van der Waals surface area contributed by atoms with Gasteiger partial charge in [0.15, 0.2) is 0 Å². The van der Waals surface area contributed by atoms with Gasteiger partial charge in [-0.3, -0.25) is 10.1 Å². The van der Waals surface area contributed by atoms with Crippen molar-refractivity contribution in [3.05, 3.63) is 70.7 Å². The Labute approximate surface area is 148 Å². The summed E-state index contributed by atoms with van der Waals surface area (Å²) in [6, 6.07) is 17.3. The van der Waals surface area contributed by atoms with Crippen molar-refractivity contribution < 1.29 is 4.79 Å². The Balaban J connectivity index is 1.84. The number of hydrogen-bond acceptors (Lipinski definition) is 2. The Bertz CT molecular complexity index is 683. The van der Waals surface area contributed by atoms with Crippen molar-refractivity contribution in [2.75, 3.05) is 13.1 Å². The van der Waals surface area contributed by atoms with Crippen LogP contribution in [0.2, 0.25) is 5.02 Å². The molecule has 1 fully saturated rings. The third-order valence-electron chi connectivity index (χ3n) is 4.59. The molecule has 0 bridgehead atoms. The fourth-order valence-electron chi connectivity index (χ4n) is 3.24. The van der Waals surface area contributed by atoms with Crippen LogP contribution in [0.5, 0.6) is 0 Å². The van der Waals surface area contributed by atoms with E-state index in [4.69, 9.17) is 11.6 Å². The highest BCUT2D eigenvalue weighted by Gasteiger charge is 2.29. The van der Waals surface area contributed by atoms with Crippen LogP contribution >= 0.6 is 11.6 Å². The summed E-state index contributed by atoms with van der Waals surface area (Å²) in [7, 11) is 0. The maximum Gasteiger partial charge on any atom is 0.244 e. The van der Waals surface area contributed by atoms with Gasteiger partial charge < -0.3 is 4.90 Å². The first-order valence-corrected chi connectivity index (χ1v) is 8.89. The molecule has 0 spiro atoms. The molecule has 2 aromatic rings. The smallest absolute Gasteiger partial charge is 0.244 e. The van der Waals surface area contributed by atoms with E-state index in [0.29, 0.717) is 0 Å². The van der Waals surface area contributed by atoms with Crippen molar-refractivity contribution in [3.8, 4) is 0 Å². The largest absolute Gasteiger partial charge is 0.341 e. The minimum atomic E-state index is -0.351. The van der Waals surface area contributed by atoms with Crippen LogP contribution in [0.3, 0.4) is 0 Å². The van der Waals surface area contributed by atoms with E-state index >= 15 is 0 Å². The second-order valence-corrected chi connectivity index (χ2v) is 6.69. The summed E-state index contributed by atoms with van der Waals surface area (Å²) < 4.78 is 0. The maximum absolute atomic E-state index is 13.0. The predicted octanol–water partition coefficient (Wildman–Crippen LogP) is 4.35. The highest BCUT2D eigenvalue weighted by molar-refractivity contribution is 6.31. The summed E-state index contributed by atoms with van der Waals surface area (Å²) in [6.45, 7) is 3.75. The fourth-order valence-corrected chi connectivity index (χ4v) is 3.54. The van der Waals surface area contributed by atoms with Gasteiger partial charge in [-0.05, 0) is 37.0 Å². The topological polar surface area (TPSA) is 32.3 Å². The monoisotopic (exact) mass is 342 g/mol. The first-order chi connectivity index (χ1) is 11.7. The Morgan fingerprint density at radius 2 is 1.67 bits per heavy atom. The Morgan fingerprint density at radius 1 is 1.04 bits per heavy atom. The number of hydrogen-bond donors (Lipinski definition) is 1. The minimum absolute atomic E-state index is 0.0181. The molecule has 0 radical (unpaired) electrons. The zero-order valence-corrected chi connectivity index (χ0v) is 14.7. The molecule has 1 amide bonds. The Morgan fingerprint density at radius 3 is 2.33 bits per heavy atom. The molecule has 3 nitrogen and oxygen atoms in total. The van der Waals surface area contributed by atoms with Crippen molar-refractivity contribution >= 4 is 17.5 Å². The Hall–Kier alpha value is -1.84. The molecule has 2 atom stereocenters. The molecule has 24 heavy (non-hydrogen) atoms. The van der Waals surface area contributed by atoms with Gasteiger partial charge in [-0.15, -0.1) is 0 Å². The molecule has 0 aromatic heterocycles. The summed E-state index contributed by atoms with van der Waals surface area (Å²) >= 11 is 6.32. The highest BCUT2D eigenvalue weighted by Crippen LogP contribution is 2.27. The summed E-state index contributed by atoms with van der Waals surface area (Å²) in [5.41, 5.74) is 2.00. The molecule has 126 valence electrons. The van der Waals surface area contributed by atoms with Crippen LogP contribution in [0, 0.1) is 0 Å². The van der Waals surface area contributed by atoms with Crippen molar-refractivity contribution in [1.82, 2.24) is 10.2 Å². The molecular formula is C20H23ClN2O. The fraction of sp³-hybridized carbons (Fsp3) is 0.350. The first kappa shape index (κ1) is 17.0. The van der Waals surface area contributed by atoms with E-state index in [1.807, 2.05) is 59.5 Å². The van der Waals surface area contributed by atoms with Gasteiger partial charge >= 0.3 is 0 Å². The molecule has 1 saturated heterocycles. The summed E-state index contributed by atoms with van der Waals surface area (Å²) in [5, 5.41) is 4.21. The van der Waals surface area contributed by atoms with Gasteiger partial charge in [-0.25, -0.2) is 0 Å². The number of benzene rings is 2. The van der Waals surface area contributed by atoms with Crippen LogP contribution < -0.4 is 5.32 Å². The number of nitrogens with one attached hydrogen (secondary N) is 1. The van der Waals surface area contributed by atoms with Crippen LogP contribution in [-0.4, -0.2) is 23.9 Å². The number of carbonyl (C=O) groups is 1. The molecule has 1 N–H and O–H groups in total. The summed E-state index contributed by atoms with van der Waals surface area (Å²) in [4.78, 5) is 15.0. The molecule has 0 saturated carbocycles. The maximum atomic E-state index is 13.0. The van der Waals surface area contributed by atoms with E-state index in [-0.39, 0.29) is 18.0 Å². The number of halogens is 1. The lowest BCUT2D eigenvalue weighted by Gasteiger charge is -2.27. The van der Waals surface area contributed by atoms with Gasteiger partial charge in [0.1, 0.15) is 6.04 Å². The van der Waals surface area contributed by atoms with E-state index in [0.717, 1.165) is 42.1 Å². The average Bonchev–Trinajstić information content (AvgIpc) is 3.15. The van der Waals surface area contributed by atoms with Gasteiger partial charge in [0.2, 0.25) is 5.91 Å². The average molecular weight is 343 g/mol. The van der Waals surface area contributed by atoms with Gasteiger partial charge in [0, 0.05) is 24.2 Å². The molecule has 0 unspecified atom stereocenters. The lowest BCUT2D eigenvalue weighted by atomic mass is 10.0. The Kier molecular flexibility index (Phi) is 5.54. The standard InChI is InChI=1S/C20H23ClN2O/c1-15(17-11-5-6-12-18(17)21)22-19(16-9-3-2-4-10-16)20(24)23-13-7-8-14-23/h2-6,9-12,15,19,22H,7-8,13-14H2,1H3/t15-,19+/m0/s1. The van der Waals surface area contributed by atoms with Crippen molar-refractivity contribution in [3.63, 3.8) is 0 Å². The van der Waals surface area contributed by atoms with Gasteiger partial charge in [0.25, 0.3) is 0 Å². The van der Waals surface area contributed by atoms with E-state index in [1.165, 1.54) is 0 Å². The molecule has 4 heteroatoms. The van der Waals surface area contributed by atoms with E-state index in [1.54, 1.807) is 0 Å². The first-order valence-electron chi connectivity index (χ1n) is 8.51. The highest BCUT2D eigenvalue weighted by atomic mass is 35.5. The quantitative estimate of drug-likeness (QED) is 0.875. The molecular weight excluding hydrogens is 320 g/mol. The molecule has 1 heterocycles. The zero-order valence-electron chi connectivity index (χ0n) is 13.9. The predicted molar refractivity (Wildman–Crippen MR) is 98.0 cm³/mol.